The number of aromatic nitrogens is 2. The van der Waals surface area contributed by atoms with Gasteiger partial charge in [0.1, 0.15) is 5.75 Å². The number of fused-ring (bicyclic) bond motifs is 1. The summed E-state index contributed by atoms with van der Waals surface area (Å²) in [6.45, 7) is 3.13. The summed E-state index contributed by atoms with van der Waals surface area (Å²) >= 11 is 0. The Morgan fingerprint density at radius 1 is 1.37 bits per heavy atom. The Morgan fingerprint density at radius 3 is 2.87 bits per heavy atom. The number of unbranched alkanes of at least 4 members (excludes halogenated alkanes) is 1. The Kier molecular flexibility index (Phi) is 5.74. The third-order valence-corrected chi connectivity index (χ3v) is 5.33. The molecule has 0 spiro atoms. The Bertz CT molecular complexity index is 1100. The molecule has 0 radical (unpaired) electrons. The van der Waals surface area contributed by atoms with E-state index in [2.05, 4.69) is 17.2 Å². The molecule has 30 heavy (non-hydrogen) atoms. The zero-order valence-corrected chi connectivity index (χ0v) is 16.9. The first-order valence-corrected chi connectivity index (χ1v) is 10.3. The lowest BCUT2D eigenvalue weighted by atomic mass is 10.0. The van der Waals surface area contributed by atoms with Gasteiger partial charge in [0, 0.05) is 17.5 Å². The molecule has 0 saturated heterocycles. The molecule has 0 atom stereocenters. The first-order chi connectivity index (χ1) is 14.6. The highest BCUT2D eigenvalue weighted by atomic mass is 16.5. The van der Waals surface area contributed by atoms with Crippen LogP contribution in [0.2, 0.25) is 0 Å². The summed E-state index contributed by atoms with van der Waals surface area (Å²) < 4.78 is 13.2. The zero-order valence-electron chi connectivity index (χ0n) is 16.9. The van der Waals surface area contributed by atoms with E-state index in [0.717, 1.165) is 31.2 Å². The summed E-state index contributed by atoms with van der Waals surface area (Å²) in [4.78, 5) is 28.5. The average Bonchev–Trinajstić information content (AvgIpc) is 3.39. The van der Waals surface area contributed by atoms with Gasteiger partial charge in [0.05, 0.1) is 30.4 Å². The summed E-state index contributed by atoms with van der Waals surface area (Å²) in [6.07, 6.45) is 5.80. The molecule has 1 saturated carbocycles. The minimum Gasteiger partial charge on any atom is -0.491 e. The fourth-order valence-electron chi connectivity index (χ4n) is 3.54. The number of oxazole rings is 1. The van der Waals surface area contributed by atoms with Crippen LogP contribution in [-0.4, -0.2) is 27.4 Å². The molecule has 8 heteroatoms. The van der Waals surface area contributed by atoms with Crippen molar-refractivity contribution in [1.29, 1.82) is 0 Å². The number of nitrogens with zero attached hydrogens (tertiary/aromatic N) is 2. The summed E-state index contributed by atoms with van der Waals surface area (Å²) in [5, 5.41) is 12.8. The maximum atomic E-state index is 13.3. The maximum Gasteiger partial charge on any atom is 0.404 e. The van der Waals surface area contributed by atoms with Gasteiger partial charge in [-0.05, 0) is 37.3 Å². The Hall–Kier alpha value is -3.29. The van der Waals surface area contributed by atoms with Crippen molar-refractivity contribution in [2.24, 2.45) is 5.92 Å². The Morgan fingerprint density at radius 2 is 2.20 bits per heavy atom. The first kappa shape index (κ1) is 20.0. The molecule has 0 bridgehead atoms. The minimum absolute atomic E-state index is 0.00122. The lowest BCUT2D eigenvalue weighted by Gasteiger charge is -2.20. The number of nitrogens with one attached hydrogen (secondary N) is 1. The van der Waals surface area contributed by atoms with Crippen molar-refractivity contribution < 1.29 is 19.1 Å². The fourth-order valence-corrected chi connectivity index (χ4v) is 3.54. The third kappa shape index (κ3) is 4.17. The number of pyridine rings is 1. The highest BCUT2D eigenvalue weighted by molar-refractivity contribution is 5.91. The zero-order chi connectivity index (χ0) is 21.1. The monoisotopic (exact) mass is 411 g/mol. The van der Waals surface area contributed by atoms with Crippen LogP contribution in [0.3, 0.4) is 0 Å². The molecule has 0 unspecified atom stereocenters. The molecule has 1 amide bonds. The normalized spacial score (nSPS) is 13.5. The molecule has 0 aliphatic heterocycles. The van der Waals surface area contributed by atoms with E-state index in [1.54, 1.807) is 16.8 Å². The van der Waals surface area contributed by atoms with Crippen LogP contribution in [0.4, 0.5) is 4.79 Å². The molecule has 1 fully saturated rings. The van der Waals surface area contributed by atoms with E-state index in [0.29, 0.717) is 47.0 Å². The largest absolute Gasteiger partial charge is 0.491 e. The van der Waals surface area contributed by atoms with Crippen molar-refractivity contribution in [3.63, 3.8) is 0 Å². The number of hydrogen-bond acceptors (Lipinski definition) is 5. The Labute approximate surface area is 173 Å². The van der Waals surface area contributed by atoms with Gasteiger partial charge in [0.15, 0.2) is 12.2 Å². The number of carboxylic acid groups (broad SMARTS) is 1. The summed E-state index contributed by atoms with van der Waals surface area (Å²) in [5.74, 6) is 1.58. The van der Waals surface area contributed by atoms with E-state index < -0.39 is 6.09 Å². The lowest BCUT2D eigenvalue weighted by molar-refractivity contribution is 0.193. The van der Waals surface area contributed by atoms with Crippen molar-refractivity contribution in [2.75, 3.05) is 6.61 Å². The van der Waals surface area contributed by atoms with E-state index in [-0.39, 0.29) is 12.1 Å². The van der Waals surface area contributed by atoms with E-state index in [1.807, 2.05) is 12.1 Å². The highest BCUT2D eigenvalue weighted by Gasteiger charge is 2.26. The minimum atomic E-state index is -1.14. The van der Waals surface area contributed by atoms with Gasteiger partial charge in [-0.1, -0.05) is 19.4 Å². The molecule has 8 nitrogen and oxygen atoms in total. The summed E-state index contributed by atoms with van der Waals surface area (Å²) in [5.41, 5.74) is 1.20. The van der Waals surface area contributed by atoms with Crippen molar-refractivity contribution in [2.45, 2.75) is 45.7 Å². The van der Waals surface area contributed by atoms with Gasteiger partial charge in [-0.3, -0.25) is 4.79 Å². The van der Waals surface area contributed by atoms with Crippen molar-refractivity contribution in [1.82, 2.24) is 14.9 Å². The van der Waals surface area contributed by atoms with Crippen LogP contribution in [0.15, 0.2) is 40.0 Å². The second-order valence-electron chi connectivity index (χ2n) is 7.62. The van der Waals surface area contributed by atoms with E-state index in [4.69, 9.17) is 14.3 Å². The van der Waals surface area contributed by atoms with Gasteiger partial charge >= 0.3 is 6.09 Å². The molecule has 1 aliphatic carbocycles. The maximum absolute atomic E-state index is 13.3. The van der Waals surface area contributed by atoms with Crippen molar-refractivity contribution >= 4 is 16.9 Å². The van der Waals surface area contributed by atoms with Gasteiger partial charge in [-0.2, -0.15) is 0 Å². The SMILES string of the molecule is CCCCOc1c(CNC(=O)O)n(CC2CC2)c(=O)c2ccc(-c3cnco3)cc12. The molecular formula is C22H25N3O5. The van der Waals surface area contributed by atoms with Crippen LogP contribution >= 0.6 is 0 Å². The second-order valence-corrected chi connectivity index (χ2v) is 7.62. The van der Waals surface area contributed by atoms with E-state index >= 15 is 0 Å². The smallest absolute Gasteiger partial charge is 0.404 e. The van der Waals surface area contributed by atoms with Gasteiger partial charge in [-0.15, -0.1) is 0 Å². The third-order valence-electron chi connectivity index (χ3n) is 5.33. The summed E-state index contributed by atoms with van der Waals surface area (Å²) in [7, 11) is 0. The predicted molar refractivity (Wildman–Crippen MR) is 112 cm³/mol. The molecule has 1 aromatic carbocycles. The first-order valence-electron chi connectivity index (χ1n) is 10.3. The lowest BCUT2D eigenvalue weighted by Crippen LogP contribution is -2.30. The summed E-state index contributed by atoms with van der Waals surface area (Å²) in [6, 6.07) is 5.46. The second kappa shape index (κ2) is 8.61. The molecule has 4 rings (SSSR count). The van der Waals surface area contributed by atoms with Gasteiger partial charge in [0.25, 0.3) is 5.56 Å². The number of hydrogen-bond donors (Lipinski definition) is 2. The van der Waals surface area contributed by atoms with Crippen molar-refractivity contribution in [3.8, 4) is 17.1 Å². The quantitative estimate of drug-likeness (QED) is 0.515. The van der Waals surface area contributed by atoms with Gasteiger partial charge in [0.2, 0.25) is 0 Å². The van der Waals surface area contributed by atoms with Crippen LogP contribution in [-0.2, 0) is 13.1 Å². The van der Waals surface area contributed by atoms with E-state index in [1.165, 1.54) is 6.39 Å². The van der Waals surface area contributed by atoms with Gasteiger partial charge in [-0.25, -0.2) is 9.78 Å². The molecule has 2 heterocycles. The molecule has 1 aliphatic rings. The topological polar surface area (TPSA) is 107 Å². The fraction of sp³-hybridized carbons (Fsp3) is 0.409. The van der Waals surface area contributed by atoms with E-state index in [9.17, 15) is 9.59 Å². The number of benzene rings is 1. The number of rotatable bonds is 9. The van der Waals surface area contributed by atoms with Crippen LogP contribution in [0.5, 0.6) is 5.75 Å². The molecule has 2 aromatic heterocycles. The van der Waals surface area contributed by atoms with Gasteiger partial charge < -0.3 is 24.1 Å². The highest BCUT2D eigenvalue weighted by Crippen LogP contribution is 2.35. The van der Waals surface area contributed by atoms with Crippen LogP contribution in [0.25, 0.3) is 22.1 Å². The number of ether oxygens (including phenoxy) is 1. The molecule has 3 aromatic rings. The van der Waals surface area contributed by atoms with Crippen LogP contribution < -0.4 is 15.6 Å². The molecular weight excluding hydrogens is 386 g/mol. The average molecular weight is 411 g/mol. The molecule has 158 valence electrons. The predicted octanol–water partition coefficient (Wildman–Crippen LogP) is 4.01. The Balaban J connectivity index is 1.91. The standard InChI is InChI=1S/C22H25N3O5/c1-2-3-8-29-20-17-9-15(19-11-23-13-30-19)6-7-16(17)21(26)25(12-14-4-5-14)18(20)10-24-22(27)28/h6-7,9,11,13-14,24H,2-5,8,10,12H2,1H3,(H,27,28). The van der Waals surface area contributed by atoms with Crippen LogP contribution in [0, 0.1) is 5.92 Å². The molecule has 2 N–H and O–H groups in total. The van der Waals surface area contributed by atoms with Crippen molar-refractivity contribution in [3.05, 3.63) is 46.8 Å². The number of amides is 1. The van der Waals surface area contributed by atoms with Crippen LogP contribution in [0.1, 0.15) is 38.3 Å². The number of carbonyl (C=O) groups is 1.